The van der Waals surface area contributed by atoms with Crippen LogP contribution >= 0.6 is 15.9 Å². The van der Waals surface area contributed by atoms with E-state index >= 15 is 0 Å². The van der Waals surface area contributed by atoms with E-state index in [4.69, 9.17) is 0 Å². The molecule has 0 saturated heterocycles. The average molecular weight is 272 g/mol. The van der Waals surface area contributed by atoms with Crippen LogP contribution in [0.2, 0.25) is 0 Å². The van der Waals surface area contributed by atoms with E-state index < -0.39 is 0 Å². The number of H-pyrrole nitrogens is 1. The summed E-state index contributed by atoms with van der Waals surface area (Å²) in [6, 6.07) is 0. The van der Waals surface area contributed by atoms with Gasteiger partial charge >= 0.3 is 0 Å². The van der Waals surface area contributed by atoms with Crippen molar-refractivity contribution >= 4 is 21.8 Å². The second-order valence-corrected chi connectivity index (χ2v) is 4.69. The maximum absolute atomic E-state index is 11.9. The van der Waals surface area contributed by atoms with E-state index in [2.05, 4.69) is 31.4 Å². The van der Waals surface area contributed by atoms with Crippen LogP contribution < -0.4 is 5.32 Å². The molecule has 1 heterocycles. The highest BCUT2D eigenvalue weighted by molar-refractivity contribution is 9.09. The Hall–Kier alpha value is -0.840. The molecule has 2 rings (SSSR count). The van der Waals surface area contributed by atoms with E-state index in [1.54, 1.807) is 6.20 Å². The lowest BCUT2D eigenvalue weighted by molar-refractivity contribution is 0.0856. The number of nitrogens with zero attached hydrogens (tertiary/aromatic N) is 1. The van der Waals surface area contributed by atoms with E-state index in [9.17, 15) is 4.79 Å². The maximum Gasteiger partial charge on any atom is 0.255 e. The fraction of sp³-hybridized carbons (Fsp3) is 0.600. The smallest absolute Gasteiger partial charge is 0.255 e. The third-order valence-corrected chi connectivity index (χ3v) is 4.09. The quantitative estimate of drug-likeness (QED) is 0.824. The topological polar surface area (TPSA) is 57.8 Å². The van der Waals surface area contributed by atoms with Crippen molar-refractivity contribution in [3.8, 4) is 0 Å². The highest BCUT2D eigenvalue weighted by Gasteiger charge is 2.37. The number of aryl methyl sites for hydroxylation is 1. The van der Waals surface area contributed by atoms with Gasteiger partial charge in [0.2, 0.25) is 0 Å². The van der Waals surface area contributed by atoms with Crippen molar-refractivity contribution in [2.45, 2.75) is 31.7 Å². The van der Waals surface area contributed by atoms with Crippen molar-refractivity contribution in [2.24, 2.45) is 0 Å². The number of alkyl halides is 1. The van der Waals surface area contributed by atoms with Gasteiger partial charge < -0.3 is 5.32 Å². The molecular weight excluding hydrogens is 258 g/mol. The summed E-state index contributed by atoms with van der Waals surface area (Å²) in [7, 11) is 0. The molecule has 15 heavy (non-hydrogen) atoms. The first-order valence-corrected chi connectivity index (χ1v) is 6.17. The van der Waals surface area contributed by atoms with Crippen LogP contribution in [0.1, 0.15) is 35.3 Å². The molecule has 1 saturated carbocycles. The summed E-state index contributed by atoms with van der Waals surface area (Å²) in [6.45, 7) is 1.85. The second-order valence-electron chi connectivity index (χ2n) is 4.13. The van der Waals surface area contributed by atoms with E-state index in [0.717, 1.165) is 23.9 Å². The van der Waals surface area contributed by atoms with Crippen molar-refractivity contribution in [3.63, 3.8) is 0 Å². The Bertz CT molecular complexity index is 365. The van der Waals surface area contributed by atoms with E-state index in [1.165, 1.54) is 6.42 Å². The van der Waals surface area contributed by atoms with Crippen molar-refractivity contribution in [1.29, 1.82) is 0 Å². The molecule has 4 nitrogen and oxygen atoms in total. The molecular formula is C10H14BrN3O. The third-order valence-electron chi connectivity index (χ3n) is 3.02. The summed E-state index contributed by atoms with van der Waals surface area (Å²) >= 11 is 3.46. The zero-order valence-corrected chi connectivity index (χ0v) is 10.2. The Morgan fingerprint density at radius 3 is 2.87 bits per heavy atom. The Kier molecular flexibility index (Phi) is 2.82. The largest absolute Gasteiger partial charge is 0.346 e. The predicted molar refractivity (Wildman–Crippen MR) is 61.2 cm³/mol. The van der Waals surface area contributed by atoms with Gasteiger partial charge in [-0.3, -0.25) is 9.89 Å². The summed E-state index contributed by atoms with van der Waals surface area (Å²) in [5.74, 6) is -0.0274. The van der Waals surface area contributed by atoms with Crippen LogP contribution in [0, 0.1) is 6.92 Å². The molecule has 1 aliphatic rings. The monoisotopic (exact) mass is 271 g/mol. The number of nitrogens with one attached hydrogen (secondary N) is 2. The highest BCUT2D eigenvalue weighted by atomic mass is 79.9. The van der Waals surface area contributed by atoms with Gasteiger partial charge in [-0.05, 0) is 26.2 Å². The first-order chi connectivity index (χ1) is 7.17. The summed E-state index contributed by atoms with van der Waals surface area (Å²) in [4.78, 5) is 11.9. The van der Waals surface area contributed by atoms with E-state index in [1.807, 2.05) is 6.92 Å². The number of carbonyl (C=O) groups is 1. The summed E-state index contributed by atoms with van der Waals surface area (Å²) in [5.41, 5.74) is 1.43. The minimum absolute atomic E-state index is 0.0270. The molecule has 0 aromatic carbocycles. The molecule has 1 fully saturated rings. The Morgan fingerprint density at radius 1 is 1.73 bits per heavy atom. The van der Waals surface area contributed by atoms with Crippen molar-refractivity contribution in [1.82, 2.24) is 15.5 Å². The SMILES string of the molecule is Cc1[nH]ncc1C(=O)NC1(CBr)CCC1. The molecule has 0 bridgehead atoms. The van der Waals surface area contributed by atoms with Crippen LogP contribution in [0.3, 0.4) is 0 Å². The minimum Gasteiger partial charge on any atom is -0.346 e. The molecule has 82 valence electrons. The molecule has 0 radical (unpaired) electrons. The first-order valence-electron chi connectivity index (χ1n) is 5.05. The fourth-order valence-corrected chi connectivity index (χ4v) is 2.48. The Labute approximate surface area is 97.0 Å². The van der Waals surface area contributed by atoms with Crippen molar-refractivity contribution in [2.75, 3.05) is 5.33 Å². The van der Waals surface area contributed by atoms with Gasteiger partial charge in [0.05, 0.1) is 17.3 Å². The van der Waals surface area contributed by atoms with Crippen LogP contribution in [0.25, 0.3) is 0 Å². The van der Waals surface area contributed by atoms with Crippen LogP contribution in [-0.4, -0.2) is 27.0 Å². The number of hydrogen-bond donors (Lipinski definition) is 2. The minimum atomic E-state index is -0.0274. The number of rotatable bonds is 3. The predicted octanol–water partition coefficient (Wildman–Crippen LogP) is 1.77. The van der Waals surface area contributed by atoms with Gasteiger partial charge in [0.15, 0.2) is 0 Å². The fourth-order valence-electron chi connectivity index (χ4n) is 1.78. The first kappa shape index (κ1) is 10.7. The zero-order chi connectivity index (χ0) is 10.9. The number of carbonyl (C=O) groups excluding carboxylic acids is 1. The van der Waals surface area contributed by atoms with Gasteiger partial charge in [-0.1, -0.05) is 15.9 Å². The van der Waals surface area contributed by atoms with Crippen molar-refractivity contribution in [3.05, 3.63) is 17.5 Å². The number of amides is 1. The van der Waals surface area contributed by atoms with Crippen LogP contribution in [-0.2, 0) is 0 Å². The average Bonchev–Trinajstić information content (AvgIpc) is 2.58. The number of halogens is 1. The van der Waals surface area contributed by atoms with Crippen LogP contribution in [0.5, 0.6) is 0 Å². The molecule has 1 aliphatic carbocycles. The number of aromatic nitrogens is 2. The van der Waals surface area contributed by atoms with Crippen LogP contribution in [0.4, 0.5) is 0 Å². The van der Waals surface area contributed by atoms with Gasteiger partial charge in [-0.2, -0.15) is 5.10 Å². The summed E-state index contributed by atoms with van der Waals surface area (Å²) in [6.07, 6.45) is 4.88. The maximum atomic E-state index is 11.9. The molecule has 0 spiro atoms. The van der Waals surface area contributed by atoms with Crippen molar-refractivity contribution < 1.29 is 4.79 Å². The normalized spacial score (nSPS) is 18.3. The molecule has 0 atom stereocenters. The molecule has 1 aromatic heterocycles. The standard InChI is InChI=1S/C10H14BrN3O/c1-7-8(5-12-14-7)9(15)13-10(6-11)3-2-4-10/h5H,2-4,6H2,1H3,(H,12,14)(H,13,15). The van der Waals surface area contributed by atoms with E-state index in [-0.39, 0.29) is 11.4 Å². The van der Waals surface area contributed by atoms with Crippen LogP contribution in [0.15, 0.2) is 6.20 Å². The molecule has 2 N–H and O–H groups in total. The lowest BCUT2D eigenvalue weighted by Crippen LogP contribution is -2.54. The molecule has 1 aromatic rings. The zero-order valence-electron chi connectivity index (χ0n) is 8.64. The van der Waals surface area contributed by atoms with Gasteiger partial charge in [-0.25, -0.2) is 0 Å². The molecule has 1 amide bonds. The van der Waals surface area contributed by atoms with Gasteiger partial charge in [-0.15, -0.1) is 0 Å². The molecule has 0 aliphatic heterocycles. The van der Waals surface area contributed by atoms with Gasteiger partial charge in [0.1, 0.15) is 0 Å². The Balaban J connectivity index is 2.07. The molecule has 5 heteroatoms. The van der Waals surface area contributed by atoms with Gasteiger partial charge in [0.25, 0.3) is 5.91 Å². The molecule has 0 unspecified atom stereocenters. The number of hydrogen-bond acceptors (Lipinski definition) is 2. The number of aromatic amines is 1. The third kappa shape index (κ3) is 1.93. The second kappa shape index (κ2) is 3.96. The summed E-state index contributed by atoms with van der Waals surface area (Å²) in [5, 5.41) is 10.5. The van der Waals surface area contributed by atoms with E-state index in [0.29, 0.717) is 5.56 Å². The van der Waals surface area contributed by atoms with Gasteiger partial charge in [0, 0.05) is 11.0 Å². The lowest BCUT2D eigenvalue weighted by atomic mass is 9.78. The summed E-state index contributed by atoms with van der Waals surface area (Å²) < 4.78 is 0. The highest BCUT2D eigenvalue weighted by Crippen LogP contribution is 2.33. The Morgan fingerprint density at radius 2 is 2.47 bits per heavy atom. The lowest BCUT2D eigenvalue weighted by Gasteiger charge is -2.41.